The lowest BCUT2D eigenvalue weighted by atomic mass is 9.91. The van der Waals surface area contributed by atoms with Crippen LogP contribution in [0, 0.1) is 5.92 Å². The largest absolute Gasteiger partial charge is 0.493 e. The highest BCUT2D eigenvalue weighted by atomic mass is 32.2. The van der Waals surface area contributed by atoms with Crippen molar-refractivity contribution < 1.29 is 13.2 Å². The lowest BCUT2D eigenvalue weighted by Crippen LogP contribution is -2.26. The summed E-state index contributed by atoms with van der Waals surface area (Å²) >= 11 is 0. The van der Waals surface area contributed by atoms with Crippen molar-refractivity contribution in [3.8, 4) is 5.75 Å². The Morgan fingerprint density at radius 3 is 2.95 bits per heavy atom. The number of hydrogen-bond donors (Lipinski definition) is 1. The summed E-state index contributed by atoms with van der Waals surface area (Å²) in [5.41, 5.74) is 2.35. The van der Waals surface area contributed by atoms with Gasteiger partial charge in [-0.2, -0.15) is 0 Å². The molecule has 3 rings (SSSR count). The minimum Gasteiger partial charge on any atom is -0.493 e. The van der Waals surface area contributed by atoms with E-state index in [1.165, 1.54) is 5.56 Å². The van der Waals surface area contributed by atoms with Crippen molar-refractivity contribution in [3.05, 3.63) is 29.3 Å². The highest BCUT2D eigenvalue weighted by Gasteiger charge is 2.35. The van der Waals surface area contributed by atoms with Gasteiger partial charge in [0, 0.05) is 18.0 Å². The van der Waals surface area contributed by atoms with Gasteiger partial charge < -0.3 is 10.1 Å². The van der Waals surface area contributed by atoms with Gasteiger partial charge in [-0.25, -0.2) is 8.42 Å². The third-order valence-corrected chi connectivity index (χ3v) is 5.92. The average Bonchev–Trinajstić information content (AvgIpc) is 2.97. The Morgan fingerprint density at radius 1 is 1.42 bits per heavy atom. The Hall–Kier alpha value is -1.07. The summed E-state index contributed by atoms with van der Waals surface area (Å²) in [6.07, 6.45) is 1.68. The molecule has 0 spiro atoms. The van der Waals surface area contributed by atoms with Crippen molar-refractivity contribution in [2.45, 2.75) is 18.9 Å². The highest BCUT2D eigenvalue weighted by molar-refractivity contribution is 7.91. The molecule has 1 saturated heterocycles. The van der Waals surface area contributed by atoms with Crippen LogP contribution in [-0.4, -0.2) is 33.6 Å². The van der Waals surface area contributed by atoms with Crippen LogP contribution < -0.4 is 10.1 Å². The van der Waals surface area contributed by atoms with Crippen LogP contribution in [0.2, 0.25) is 0 Å². The van der Waals surface area contributed by atoms with Crippen LogP contribution in [0.25, 0.3) is 0 Å². The molecule has 0 saturated carbocycles. The van der Waals surface area contributed by atoms with Gasteiger partial charge in [0.1, 0.15) is 5.75 Å². The Bertz CT molecular complexity index is 582. The van der Waals surface area contributed by atoms with Crippen LogP contribution in [-0.2, 0) is 16.3 Å². The number of para-hydroxylation sites is 1. The van der Waals surface area contributed by atoms with Crippen LogP contribution in [0.5, 0.6) is 5.75 Å². The summed E-state index contributed by atoms with van der Waals surface area (Å²) in [5, 5.41) is 3.28. The molecule has 2 atom stereocenters. The van der Waals surface area contributed by atoms with Crippen molar-refractivity contribution in [2.75, 3.05) is 25.2 Å². The summed E-state index contributed by atoms with van der Waals surface area (Å²) < 4.78 is 29.1. The van der Waals surface area contributed by atoms with E-state index in [1.54, 1.807) is 0 Å². The maximum atomic E-state index is 11.7. The second kappa shape index (κ2) is 4.80. The molecule has 0 aromatic heterocycles. The zero-order valence-electron chi connectivity index (χ0n) is 11.1. The molecule has 0 radical (unpaired) electrons. The van der Waals surface area contributed by atoms with Crippen molar-refractivity contribution in [1.29, 1.82) is 0 Å². The second-order valence-electron chi connectivity index (χ2n) is 5.36. The van der Waals surface area contributed by atoms with E-state index in [9.17, 15) is 8.42 Å². The van der Waals surface area contributed by atoms with Gasteiger partial charge in [0.2, 0.25) is 0 Å². The number of sulfone groups is 1. The molecule has 104 valence electrons. The molecule has 1 fully saturated rings. The molecule has 19 heavy (non-hydrogen) atoms. The van der Waals surface area contributed by atoms with E-state index in [-0.39, 0.29) is 17.7 Å². The molecule has 1 aromatic carbocycles. The maximum absolute atomic E-state index is 11.7. The molecule has 0 amide bonds. The van der Waals surface area contributed by atoms with Gasteiger partial charge in [-0.05, 0) is 24.9 Å². The molecule has 1 N–H and O–H groups in total. The monoisotopic (exact) mass is 281 g/mol. The van der Waals surface area contributed by atoms with Crippen LogP contribution in [0.4, 0.5) is 0 Å². The first-order valence-corrected chi connectivity index (χ1v) is 8.55. The molecule has 2 unspecified atom stereocenters. The van der Waals surface area contributed by atoms with Crippen molar-refractivity contribution in [3.63, 3.8) is 0 Å². The third kappa shape index (κ3) is 2.37. The number of hydrogen-bond acceptors (Lipinski definition) is 4. The lowest BCUT2D eigenvalue weighted by Gasteiger charge is -2.24. The first-order chi connectivity index (χ1) is 9.11. The quantitative estimate of drug-likeness (QED) is 0.908. The smallest absolute Gasteiger partial charge is 0.150 e. The summed E-state index contributed by atoms with van der Waals surface area (Å²) in [4.78, 5) is 0. The molecule has 2 heterocycles. The number of fused-ring (bicyclic) bond motifs is 1. The van der Waals surface area contributed by atoms with Crippen LogP contribution in [0.1, 0.15) is 23.6 Å². The van der Waals surface area contributed by atoms with Crippen LogP contribution in [0.3, 0.4) is 0 Å². The molecular formula is C14H19NO3S. The van der Waals surface area contributed by atoms with Gasteiger partial charge in [-0.1, -0.05) is 18.2 Å². The first-order valence-electron chi connectivity index (χ1n) is 6.73. The van der Waals surface area contributed by atoms with Gasteiger partial charge in [0.05, 0.1) is 18.1 Å². The Labute approximate surface area is 114 Å². The SMILES string of the molecule is CNC(c1cccc2c1OCC2)C1CCS(=O)(=O)C1. The highest BCUT2D eigenvalue weighted by Crippen LogP contribution is 2.39. The molecule has 0 bridgehead atoms. The van der Waals surface area contributed by atoms with E-state index in [0.29, 0.717) is 5.75 Å². The van der Waals surface area contributed by atoms with Gasteiger partial charge >= 0.3 is 0 Å². The van der Waals surface area contributed by atoms with Gasteiger partial charge in [0.25, 0.3) is 0 Å². The molecule has 5 heteroatoms. The predicted octanol–water partition coefficient (Wildman–Crippen LogP) is 1.32. The van der Waals surface area contributed by atoms with Gasteiger partial charge in [0.15, 0.2) is 9.84 Å². The first kappa shape index (κ1) is 12.9. The lowest BCUT2D eigenvalue weighted by molar-refractivity contribution is 0.338. The zero-order valence-corrected chi connectivity index (χ0v) is 11.9. The fourth-order valence-corrected chi connectivity index (χ4v) is 5.06. The number of ether oxygens (including phenoxy) is 1. The maximum Gasteiger partial charge on any atom is 0.150 e. The number of nitrogens with one attached hydrogen (secondary N) is 1. The average molecular weight is 281 g/mol. The summed E-state index contributed by atoms with van der Waals surface area (Å²) in [7, 11) is -0.961. The van der Waals surface area contributed by atoms with Gasteiger partial charge in [-0.15, -0.1) is 0 Å². The predicted molar refractivity (Wildman–Crippen MR) is 74.2 cm³/mol. The van der Waals surface area contributed by atoms with E-state index in [4.69, 9.17) is 4.74 Å². The molecule has 0 aliphatic carbocycles. The van der Waals surface area contributed by atoms with Gasteiger partial charge in [-0.3, -0.25) is 0 Å². The summed E-state index contributed by atoms with van der Waals surface area (Å²) in [6.45, 7) is 0.728. The topological polar surface area (TPSA) is 55.4 Å². The molecular weight excluding hydrogens is 262 g/mol. The van der Waals surface area contributed by atoms with E-state index in [0.717, 1.165) is 30.8 Å². The normalized spacial score (nSPS) is 25.8. The zero-order chi connectivity index (χ0) is 13.5. The third-order valence-electron chi connectivity index (χ3n) is 4.13. The molecule has 1 aromatic rings. The minimum atomic E-state index is -2.85. The molecule has 2 aliphatic heterocycles. The van der Waals surface area contributed by atoms with Crippen LogP contribution >= 0.6 is 0 Å². The van der Waals surface area contributed by atoms with Crippen molar-refractivity contribution >= 4 is 9.84 Å². The Morgan fingerprint density at radius 2 is 2.26 bits per heavy atom. The fraction of sp³-hybridized carbons (Fsp3) is 0.571. The summed E-state index contributed by atoms with van der Waals surface area (Å²) in [5.74, 6) is 1.70. The fourth-order valence-electron chi connectivity index (χ4n) is 3.22. The Kier molecular flexibility index (Phi) is 3.27. The molecule has 2 aliphatic rings. The Balaban J connectivity index is 1.93. The molecule has 4 nitrogen and oxygen atoms in total. The van der Waals surface area contributed by atoms with E-state index in [1.807, 2.05) is 13.1 Å². The van der Waals surface area contributed by atoms with Crippen LogP contribution in [0.15, 0.2) is 18.2 Å². The second-order valence-corrected chi connectivity index (χ2v) is 7.59. The minimum absolute atomic E-state index is 0.0605. The number of benzene rings is 1. The van der Waals surface area contributed by atoms with E-state index >= 15 is 0 Å². The van der Waals surface area contributed by atoms with Crippen molar-refractivity contribution in [2.24, 2.45) is 5.92 Å². The van der Waals surface area contributed by atoms with E-state index < -0.39 is 9.84 Å². The number of rotatable bonds is 3. The summed E-state index contributed by atoms with van der Waals surface area (Å²) in [6, 6.07) is 6.24. The van der Waals surface area contributed by atoms with E-state index in [2.05, 4.69) is 17.4 Å². The van der Waals surface area contributed by atoms with Crippen molar-refractivity contribution in [1.82, 2.24) is 5.32 Å². The standard InChI is InChI=1S/C14H19NO3S/c1-15-13(11-6-8-19(16,17)9-11)12-4-2-3-10-5-7-18-14(10)12/h2-4,11,13,15H,5-9H2,1H3.